The van der Waals surface area contributed by atoms with Gasteiger partial charge < -0.3 is 19.2 Å². The Hall–Kier alpha value is -4.01. The summed E-state index contributed by atoms with van der Waals surface area (Å²) in [7, 11) is 1.52. The summed E-state index contributed by atoms with van der Waals surface area (Å²) in [6, 6.07) is 8.26. The number of methoxy groups -OCH3 is 1. The van der Waals surface area contributed by atoms with Gasteiger partial charge in [-0.25, -0.2) is 9.37 Å². The topological polar surface area (TPSA) is 86.9 Å². The molecule has 1 aliphatic carbocycles. The third-order valence-electron chi connectivity index (χ3n) is 6.07. The number of halogens is 1. The highest BCUT2D eigenvalue weighted by Crippen LogP contribution is 2.39. The van der Waals surface area contributed by atoms with Crippen LogP contribution >= 0.6 is 0 Å². The predicted molar refractivity (Wildman–Crippen MR) is 126 cm³/mol. The summed E-state index contributed by atoms with van der Waals surface area (Å²) in [5, 5.41) is 11.0. The van der Waals surface area contributed by atoms with E-state index in [2.05, 4.69) is 20.5 Å². The number of benzene rings is 2. The van der Waals surface area contributed by atoms with Gasteiger partial charge in [-0.2, -0.15) is 0 Å². The van der Waals surface area contributed by atoms with E-state index in [4.69, 9.17) is 4.74 Å². The molecule has 9 heteroatoms. The normalized spacial score (nSPS) is 13.2. The van der Waals surface area contributed by atoms with Gasteiger partial charge in [0.05, 0.1) is 41.6 Å². The number of nitrogens with one attached hydrogen (secondary N) is 1. The number of imidazole rings is 1. The number of carbonyl (C=O) groups excluding carboxylic acids is 1. The van der Waals surface area contributed by atoms with Crippen LogP contribution in [0.1, 0.15) is 47.3 Å². The molecule has 4 aromatic rings. The minimum Gasteiger partial charge on any atom is -0.494 e. The number of carbonyl (C=O) groups is 1. The number of hydrogen-bond acceptors (Lipinski definition) is 5. The van der Waals surface area contributed by atoms with Crippen molar-refractivity contribution in [2.24, 2.45) is 0 Å². The van der Waals surface area contributed by atoms with E-state index >= 15 is 0 Å². The molecule has 0 bridgehead atoms. The standard InChI is InChI=1S/C25H25FN6O2/c1-4-31-14-28-30-24(31)17-6-5-7-20(23(17)34-3)29-25(33)18-11-22(15(2)10-19(18)26)32-12-21(27-13-32)16-8-9-16/h5-7,10-14,16H,4,8-9H2,1-3H3,(H,29,33). The second-order valence-corrected chi connectivity index (χ2v) is 8.38. The molecule has 1 N–H and O–H groups in total. The summed E-state index contributed by atoms with van der Waals surface area (Å²) in [6.07, 6.45) is 7.58. The summed E-state index contributed by atoms with van der Waals surface area (Å²) in [5.41, 5.74) is 3.48. The Morgan fingerprint density at radius 2 is 2.09 bits per heavy atom. The molecule has 1 fully saturated rings. The fourth-order valence-electron chi connectivity index (χ4n) is 4.09. The first-order valence-corrected chi connectivity index (χ1v) is 11.2. The fourth-order valence-corrected chi connectivity index (χ4v) is 4.09. The van der Waals surface area contributed by atoms with Crippen molar-refractivity contribution in [1.29, 1.82) is 0 Å². The zero-order valence-corrected chi connectivity index (χ0v) is 19.2. The minimum absolute atomic E-state index is 0.0635. The lowest BCUT2D eigenvalue weighted by molar-refractivity contribution is 0.102. The van der Waals surface area contributed by atoms with Crippen LogP contribution in [-0.2, 0) is 6.54 Å². The lowest BCUT2D eigenvalue weighted by atomic mass is 10.1. The van der Waals surface area contributed by atoms with Crippen molar-refractivity contribution >= 4 is 11.6 Å². The van der Waals surface area contributed by atoms with Gasteiger partial charge in [0.1, 0.15) is 12.1 Å². The number of ether oxygens (including phenoxy) is 1. The van der Waals surface area contributed by atoms with Gasteiger partial charge >= 0.3 is 0 Å². The molecule has 8 nitrogen and oxygen atoms in total. The highest BCUT2D eigenvalue weighted by Gasteiger charge is 2.26. The largest absolute Gasteiger partial charge is 0.494 e. The van der Waals surface area contributed by atoms with Crippen LogP contribution in [-0.4, -0.2) is 37.3 Å². The van der Waals surface area contributed by atoms with Gasteiger partial charge in [-0.15, -0.1) is 10.2 Å². The van der Waals surface area contributed by atoms with Crippen LogP contribution in [0.25, 0.3) is 17.1 Å². The molecule has 0 spiro atoms. The van der Waals surface area contributed by atoms with Gasteiger partial charge in [0.15, 0.2) is 11.6 Å². The maximum atomic E-state index is 14.9. The Morgan fingerprint density at radius 1 is 1.26 bits per heavy atom. The third kappa shape index (κ3) is 3.93. The SMILES string of the molecule is CCn1cnnc1-c1cccc(NC(=O)c2cc(-n3cnc(C4CC4)c3)c(C)cc2F)c1OC. The van der Waals surface area contributed by atoms with Gasteiger partial charge in [-0.05, 0) is 56.5 Å². The van der Waals surface area contributed by atoms with Gasteiger partial charge in [-0.3, -0.25) is 4.79 Å². The summed E-state index contributed by atoms with van der Waals surface area (Å²) < 4.78 is 24.2. The molecule has 174 valence electrons. The van der Waals surface area contributed by atoms with E-state index in [1.807, 2.05) is 35.2 Å². The van der Waals surface area contributed by atoms with Crippen molar-refractivity contribution in [3.8, 4) is 22.8 Å². The quantitative estimate of drug-likeness (QED) is 0.431. The molecule has 0 atom stereocenters. The van der Waals surface area contributed by atoms with E-state index in [1.54, 1.807) is 30.9 Å². The monoisotopic (exact) mass is 460 g/mol. The van der Waals surface area contributed by atoms with Crippen LogP contribution in [0.3, 0.4) is 0 Å². The molecule has 0 radical (unpaired) electrons. The zero-order valence-electron chi connectivity index (χ0n) is 19.2. The van der Waals surface area contributed by atoms with Crippen molar-refractivity contribution in [1.82, 2.24) is 24.3 Å². The number of aromatic nitrogens is 5. The van der Waals surface area contributed by atoms with Gasteiger partial charge in [-0.1, -0.05) is 6.07 Å². The van der Waals surface area contributed by atoms with Crippen LogP contribution in [0.5, 0.6) is 5.75 Å². The molecular weight excluding hydrogens is 435 g/mol. The molecule has 34 heavy (non-hydrogen) atoms. The lowest BCUT2D eigenvalue weighted by Crippen LogP contribution is -2.16. The van der Waals surface area contributed by atoms with E-state index in [9.17, 15) is 9.18 Å². The lowest BCUT2D eigenvalue weighted by Gasteiger charge is -2.15. The Kier molecular flexibility index (Phi) is 5.61. The molecule has 1 saturated carbocycles. The van der Waals surface area contributed by atoms with Crippen molar-refractivity contribution in [3.63, 3.8) is 0 Å². The number of amides is 1. The van der Waals surface area contributed by atoms with Gasteiger partial charge in [0, 0.05) is 18.7 Å². The van der Waals surface area contributed by atoms with Crippen molar-refractivity contribution < 1.29 is 13.9 Å². The Labute approximate surface area is 196 Å². The third-order valence-corrected chi connectivity index (χ3v) is 6.07. The van der Waals surface area contributed by atoms with Crippen molar-refractivity contribution in [2.75, 3.05) is 12.4 Å². The van der Waals surface area contributed by atoms with Crippen molar-refractivity contribution in [3.05, 3.63) is 71.8 Å². The molecule has 5 rings (SSSR count). The van der Waals surface area contributed by atoms with E-state index in [-0.39, 0.29) is 5.56 Å². The highest BCUT2D eigenvalue weighted by atomic mass is 19.1. The smallest absolute Gasteiger partial charge is 0.258 e. The van der Waals surface area contributed by atoms with E-state index < -0.39 is 11.7 Å². The maximum absolute atomic E-state index is 14.9. The highest BCUT2D eigenvalue weighted by molar-refractivity contribution is 6.06. The number of hydrogen-bond donors (Lipinski definition) is 1. The molecule has 0 saturated heterocycles. The number of nitrogens with zero attached hydrogens (tertiary/aromatic N) is 5. The molecule has 2 aromatic heterocycles. The summed E-state index contributed by atoms with van der Waals surface area (Å²) >= 11 is 0. The fraction of sp³-hybridized carbons (Fsp3) is 0.280. The molecule has 0 unspecified atom stereocenters. The maximum Gasteiger partial charge on any atom is 0.258 e. The molecule has 2 heterocycles. The van der Waals surface area contributed by atoms with Crippen LogP contribution in [0.15, 0.2) is 49.2 Å². The van der Waals surface area contributed by atoms with Crippen molar-refractivity contribution in [2.45, 2.75) is 39.2 Å². The first-order valence-electron chi connectivity index (χ1n) is 11.2. The Bertz CT molecular complexity index is 1370. The molecule has 2 aromatic carbocycles. The first-order chi connectivity index (χ1) is 16.5. The average Bonchev–Trinajstić information content (AvgIpc) is 3.37. The Morgan fingerprint density at radius 3 is 2.82 bits per heavy atom. The summed E-state index contributed by atoms with van der Waals surface area (Å²) in [5.74, 6) is 0.375. The zero-order chi connectivity index (χ0) is 23.8. The molecule has 1 amide bonds. The van der Waals surface area contributed by atoms with Gasteiger partial charge in [0.25, 0.3) is 5.91 Å². The van der Waals surface area contributed by atoms with E-state index in [0.29, 0.717) is 46.5 Å². The van der Waals surface area contributed by atoms with E-state index in [1.165, 1.54) is 13.2 Å². The predicted octanol–water partition coefficient (Wildman–Crippen LogP) is 4.74. The number of aryl methyl sites for hydroxylation is 2. The minimum atomic E-state index is -0.595. The number of anilines is 1. The van der Waals surface area contributed by atoms with Crippen LogP contribution in [0.4, 0.5) is 10.1 Å². The number of rotatable bonds is 7. The van der Waals surface area contributed by atoms with E-state index in [0.717, 1.165) is 18.5 Å². The molecule has 0 aliphatic heterocycles. The van der Waals surface area contributed by atoms with Crippen LogP contribution in [0.2, 0.25) is 0 Å². The second kappa shape index (κ2) is 8.74. The van der Waals surface area contributed by atoms with Crippen LogP contribution < -0.4 is 10.1 Å². The average molecular weight is 461 g/mol. The van der Waals surface area contributed by atoms with Gasteiger partial charge in [0.2, 0.25) is 0 Å². The summed E-state index contributed by atoms with van der Waals surface area (Å²) in [6.45, 7) is 4.47. The molecule has 1 aliphatic rings. The molecular formula is C25H25FN6O2. The second-order valence-electron chi connectivity index (χ2n) is 8.38. The summed E-state index contributed by atoms with van der Waals surface area (Å²) in [4.78, 5) is 17.6. The van der Waals surface area contributed by atoms with Crippen LogP contribution in [0, 0.1) is 12.7 Å². The first kappa shape index (κ1) is 21.8. The number of para-hydroxylation sites is 1. The Balaban J connectivity index is 1.48.